The molecule has 126 valence electrons. The first-order chi connectivity index (χ1) is 11.6. The zero-order valence-electron chi connectivity index (χ0n) is 13.6. The summed E-state index contributed by atoms with van der Waals surface area (Å²) in [4.78, 5) is 25.4. The van der Waals surface area contributed by atoms with Crippen molar-refractivity contribution in [2.24, 2.45) is 0 Å². The third-order valence-electron chi connectivity index (χ3n) is 3.90. The van der Waals surface area contributed by atoms with Crippen LogP contribution < -0.4 is 16.0 Å². The largest absolute Gasteiger partial charge is 0.349 e. The Morgan fingerprint density at radius 3 is 2.79 bits per heavy atom. The Morgan fingerprint density at radius 2 is 2.08 bits per heavy atom. The molecule has 1 saturated carbocycles. The van der Waals surface area contributed by atoms with Gasteiger partial charge in [-0.15, -0.1) is 11.3 Å². The van der Waals surface area contributed by atoms with Crippen LogP contribution in [0.2, 0.25) is 0 Å². The predicted octanol–water partition coefficient (Wildman–Crippen LogP) is 3.31. The van der Waals surface area contributed by atoms with Gasteiger partial charge in [-0.3, -0.25) is 4.79 Å². The molecule has 3 N–H and O–H groups in total. The number of urea groups is 1. The van der Waals surface area contributed by atoms with Crippen LogP contribution in [-0.2, 0) is 6.42 Å². The van der Waals surface area contributed by atoms with Crippen LogP contribution in [0.1, 0.15) is 33.6 Å². The molecule has 3 rings (SSSR count). The van der Waals surface area contributed by atoms with Crippen LogP contribution in [0, 0.1) is 6.92 Å². The maximum Gasteiger partial charge on any atom is 0.319 e. The molecule has 1 fully saturated rings. The van der Waals surface area contributed by atoms with E-state index < -0.39 is 0 Å². The fourth-order valence-corrected chi connectivity index (χ4v) is 3.02. The maximum absolute atomic E-state index is 12.1. The van der Waals surface area contributed by atoms with Crippen LogP contribution in [0.3, 0.4) is 0 Å². The van der Waals surface area contributed by atoms with Crippen molar-refractivity contribution >= 4 is 29.0 Å². The van der Waals surface area contributed by atoms with Crippen molar-refractivity contribution in [3.63, 3.8) is 0 Å². The molecule has 2 aromatic rings. The second-order valence-electron chi connectivity index (χ2n) is 5.99. The molecule has 1 aliphatic rings. The van der Waals surface area contributed by atoms with Crippen LogP contribution in [0.5, 0.6) is 0 Å². The topological polar surface area (TPSA) is 70.2 Å². The lowest BCUT2D eigenvalue weighted by Gasteiger charge is -2.11. The first kappa shape index (κ1) is 16.5. The predicted molar refractivity (Wildman–Crippen MR) is 96.7 cm³/mol. The van der Waals surface area contributed by atoms with Crippen LogP contribution in [0.25, 0.3) is 0 Å². The number of aryl methyl sites for hydroxylation is 1. The lowest BCUT2D eigenvalue weighted by Crippen LogP contribution is -2.31. The SMILES string of the molecule is Cc1ccc(C(=O)NC2CC2)cc1NC(=O)NCCc1cccs1. The normalized spacial score (nSPS) is 13.4. The first-order valence-electron chi connectivity index (χ1n) is 8.10. The summed E-state index contributed by atoms with van der Waals surface area (Å²) in [5, 5.41) is 10.7. The van der Waals surface area contributed by atoms with Crippen molar-refractivity contribution < 1.29 is 9.59 Å². The number of benzene rings is 1. The highest BCUT2D eigenvalue weighted by Crippen LogP contribution is 2.21. The van der Waals surface area contributed by atoms with Gasteiger partial charge in [0, 0.05) is 28.7 Å². The minimum absolute atomic E-state index is 0.0846. The van der Waals surface area contributed by atoms with Crippen molar-refractivity contribution in [3.05, 3.63) is 51.7 Å². The molecule has 0 atom stereocenters. The molecule has 0 radical (unpaired) electrons. The lowest BCUT2D eigenvalue weighted by atomic mass is 10.1. The van der Waals surface area contributed by atoms with E-state index >= 15 is 0 Å². The van der Waals surface area contributed by atoms with E-state index in [9.17, 15) is 9.59 Å². The van der Waals surface area contributed by atoms with Gasteiger partial charge in [-0.25, -0.2) is 4.79 Å². The van der Waals surface area contributed by atoms with Gasteiger partial charge >= 0.3 is 6.03 Å². The highest BCUT2D eigenvalue weighted by atomic mass is 32.1. The number of amides is 3. The van der Waals surface area contributed by atoms with E-state index in [0.717, 1.165) is 24.8 Å². The molecule has 1 aliphatic carbocycles. The number of hydrogen-bond donors (Lipinski definition) is 3. The highest BCUT2D eigenvalue weighted by Gasteiger charge is 2.24. The molecule has 5 nitrogen and oxygen atoms in total. The summed E-state index contributed by atoms with van der Waals surface area (Å²) in [6.07, 6.45) is 2.92. The second kappa shape index (κ2) is 7.49. The number of rotatable bonds is 6. The Bertz CT molecular complexity index is 724. The van der Waals surface area contributed by atoms with E-state index in [1.165, 1.54) is 4.88 Å². The van der Waals surface area contributed by atoms with E-state index in [1.54, 1.807) is 23.5 Å². The fraction of sp³-hybridized carbons (Fsp3) is 0.333. The van der Waals surface area contributed by atoms with Gasteiger partial charge in [0.15, 0.2) is 0 Å². The van der Waals surface area contributed by atoms with Crippen molar-refractivity contribution in [1.82, 2.24) is 10.6 Å². The molecule has 24 heavy (non-hydrogen) atoms. The van der Waals surface area contributed by atoms with Gasteiger partial charge < -0.3 is 16.0 Å². The van der Waals surface area contributed by atoms with Crippen LogP contribution in [0.4, 0.5) is 10.5 Å². The second-order valence-corrected chi connectivity index (χ2v) is 7.02. The maximum atomic E-state index is 12.1. The van der Waals surface area contributed by atoms with Crippen molar-refractivity contribution in [2.75, 3.05) is 11.9 Å². The molecule has 0 unspecified atom stereocenters. The molecule has 1 heterocycles. The third-order valence-corrected chi connectivity index (χ3v) is 4.83. The number of carbonyl (C=O) groups excluding carboxylic acids is 2. The van der Waals surface area contributed by atoms with Gasteiger partial charge in [0.05, 0.1) is 0 Å². The molecule has 0 aliphatic heterocycles. The number of carbonyl (C=O) groups is 2. The Kier molecular flexibility index (Phi) is 5.15. The number of hydrogen-bond acceptors (Lipinski definition) is 3. The zero-order chi connectivity index (χ0) is 16.9. The number of nitrogens with one attached hydrogen (secondary N) is 3. The van der Waals surface area contributed by atoms with Crippen molar-refractivity contribution in [3.8, 4) is 0 Å². The summed E-state index contributed by atoms with van der Waals surface area (Å²) in [5.41, 5.74) is 2.15. The summed E-state index contributed by atoms with van der Waals surface area (Å²) >= 11 is 1.68. The van der Waals surface area contributed by atoms with Gasteiger partial charge in [0.1, 0.15) is 0 Å². The van der Waals surface area contributed by atoms with Gasteiger partial charge in [0.25, 0.3) is 5.91 Å². The smallest absolute Gasteiger partial charge is 0.319 e. The van der Waals surface area contributed by atoms with E-state index in [0.29, 0.717) is 23.8 Å². The standard InChI is InChI=1S/C18H21N3O2S/c1-12-4-5-13(17(22)20-14-6-7-14)11-16(12)21-18(23)19-9-8-15-3-2-10-24-15/h2-5,10-11,14H,6-9H2,1H3,(H,20,22)(H2,19,21,23). The third kappa shape index (κ3) is 4.58. The van der Waals surface area contributed by atoms with Gasteiger partial charge in [-0.1, -0.05) is 12.1 Å². The average molecular weight is 343 g/mol. The minimum Gasteiger partial charge on any atom is -0.349 e. The molecule has 1 aromatic carbocycles. The summed E-state index contributed by atoms with van der Waals surface area (Å²) in [6, 6.07) is 9.48. The van der Waals surface area contributed by atoms with Crippen molar-refractivity contribution in [1.29, 1.82) is 0 Å². The molecule has 0 saturated heterocycles. The van der Waals surface area contributed by atoms with E-state index in [1.807, 2.05) is 24.4 Å². The van der Waals surface area contributed by atoms with E-state index in [4.69, 9.17) is 0 Å². The lowest BCUT2D eigenvalue weighted by molar-refractivity contribution is 0.0951. The van der Waals surface area contributed by atoms with Gasteiger partial charge in [0.2, 0.25) is 0 Å². The number of anilines is 1. The fourth-order valence-electron chi connectivity index (χ4n) is 2.31. The Balaban J connectivity index is 1.54. The summed E-state index contributed by atoms with van der Waals surface area (Å²) < 4.78 is 0. The molecular formula is C18H21N3O2S. The minimum atomic E-state index is -0.255. The summed E-state index contributed by atoms with van der Waals surface area (Å²) in [5.74, 6) is -0.0846. The Labute approximate surface area is 145 Å². The highest BCUT2D eigenvalue weighted by molar-refractivity contribution is 7.09. The monoisotopic (exact) mass is 343 g/mol. The molecule has 0 bridgehead atoms. The Morgan fingerprint density at radius 1 is 1.25 bits per heavy atom. The molecule has 3 amide bonds. The molecular weight excluding hydrogens is 322 g/mol. The van der Waals surface area contributed by atoms with Gasteiger partial charge in [-0.05, 0) is 55.3 Å². The van der Waals surface area contributed by atoms with Crippen LogP contribution in [-0.4, -0.2) is 24.5 Å². The van der Waals surface area contributed by atoms with E-state index in [-0.39, 0.29) is 11.9 Å². The molecule has 0 spiro atoms. The Hall–Kier alpha value is -2.34. The number of thiophene rings is 1. The van der Waals surface area contributed by atoms with Crippen LogP contribution in [0.15, 0.2) is 35.7 Å². The quantitative estimate of drug-likeness (QED) is 0.753. The molecule has 1 aromatic heterocycles. The van der Waals surface area contributed by atoms with Crippen molar-refractivity contribution in [2.45, 2.75) is 32.2 Å². The average Bonchev–Trinajstić information content (AvgIpc) is 3.21. The summed E-state index contributed by atoms with van der Waals surface area (Å²) in [7, 11) is 0. The van der Waals surface area contributed by atoms with Gasteiger partial charge in [-0.2, -0.15) is 0 Å². The first-order valence-corrected chi connectivity index (χ1v) is 8.98. The molecule has 6 heteroatoms. The zero-order valence-corrected chi connectivity index (χ0v) is 14.4. The van der Waals surface area contributed by atoms with Crippen LogP contribution >= 0.6 is 11.3 Å². The summed E-state index contributed by atoms with van der Waals surface area (Å²) in [6.45, 7) is 2.48. The van der Waals surface area contributed by atoms with E-state index in [2.05, 4.69) is 22.0 Å².